The average molecular weight is 264 g/mol. The summed E-state index contributed by atoms with van der Waals surface area (Å²) in [7, 11) is 4.86. The van der Waals surface area contributed by atoms with Gasteiger partial charge in [0.05, 0.1) is 26.8 Å². The number of nitrogens with one attached hydrogen (secondary N) is 1. The summed E-state index contributed by atoms with van der Waals surface area (Å²) < 4.78 is 16.3. The van der Waals surface area contributed by atoms with Crippen molar-refractivity contribution in [2.24, 2.45) is 5.73 Å². The van der Waals surface area contributed by atoms with E-state index in [0.29, 0.717) is 23.8 Å². The molecule has 5 heteroatoms. The van der Waals surface area contributed by atoms with Crippen LogP contribution in [0.25, 0.3) is 10.9 Å². The molecule has 2 aromatic rings. The van der Waals surface area contributed by atoms with Crippen LogP contribution in [-0.4, -0.2) is 32.9 Å². The summed E-state index contributed by atoms with van der Waals surface area (Å²) in [5, 5.41) is 1.04. The number of ether oxygens (including phenoxy) is 3. The lowest BCUT2D eigenvalue weighted by atomic mass is 10.1. The molecule has 1 aromatic carbocycles. The van der Waals surface area contributed by atoms with E-state index in [9.17, 15) is 0 Å². The van der Waals surface area contributed by atoms with E-state index >= 15 is 0 Å². The molecule has 0 unspecified atom stereocenters. The Hall–Kier alpha value is -1.88. The first kappa shape index (κ1) is 13.5. The minimum Gasteiger partial charge on any atom is -0.493 e. The van der Waals surface area contributed by atoms with Crippen molar-refractivity contribution in [3.05, 3.63) is 17.8 Å². The van der Waals surface area contributed by atoms with Gasteiger partial charge in [-0.25, -0.2) is 0 Å². The largest absolute Gasteiger partial charge is 0.493 e. The van der Waals surface area contributed by atoms with Gasteiger partial charge in [0.15, 0.2) is 11.5 Å². The van der Waals surface area contributed by atoms with Crippen LogP contribution in [-0.2, 0) is 6.42 Å². The number of benzene rings is 1. The van der Waals surface area contributed by atoms with Crippen LogP contribution >= 0.6 is 0 Å². The summed E-state index contributed by atoms with van der Waals surface area (Å²) in [6.07, 6.45) is 3.83. The van der Waals surface area contributed by atoms with Crippen LogP contribution in [0.5, 0.6) is 17.2 Å². The molecule has 0 aliphatic rings. The molecule has 0 amide bonds. The fourth-order valence-electron chi connectivity index (χ4n) is 2.32. The zero-order valence-corrected chi connectivity index (χ0v) is 11.6. The van der Waals surface area contributed by atoms with Gasteiger partial charge >= 0.3 is 0 Å². The highest BCUT2D eigenvalue weighted by atomic mass is 16.5. The maximum Gasteiger partial charge on any atom is 0.204 e. The third kappa shape index (κ3) is 2.33. The van der Waals surface area contributed by atoms with E-state index in [2.05, 4.69) is 4.98 Å². The zero-order valence-electron chi connectivity index (χ0n) is 11.6. The minimum absolute atomic E-state index is 0.617. The van der Waals surface area contributed by atoms with Gasteiger partial charge in [0.25, 0.3) is 0 Å². The van der Waals surface area contributed by atoms with Crippen molar-refractivity contribution in [2.75, 3.05) is 27.9 Å². The summed E-state index contributed by atoms with van der Waals surface area (Å²) in [5.74, 6) is 1.97. The molecular formula is C14H20N2O3. The van der Waals surface area contributed by atoms with E-state index in [0.717, 1.165) is 23.7 Å². The van der Waals surface area contributed by atoms with Crippen LogP contribution in [0, 0.1) is 0 Å². The lowest BCUT2D eigenvalue weighted by Gasteiger charge is -2.14. The molecular weight excluding hydrogens is 244 g/mol. The molecule has 1 heterocycles. The smallest absolute Gasteiger partial charge is 0.204 e. The van der Waals surface area contributed by atoms with Gasteiger partial charge in [-0.1, -0.05) is 0 Å². The first-order valence-corrected chi connectivity index (χ1v) is 6.25. The lowest BCUT2D eigenvalue weighted by molar-refractivity contribution is 0.327. The third-order valence-electron chi connectivity index (χ3n) is 3.20. The number of aromatic nitrogens is 1. The fourth-order valence-corrected chi connectivity index (χ4v) is 2.32. The van der Waals surface area contributed by atoms with Gasteiger partial charge in [-0.2, -0.15) is 0 Å². The summed E-state index contributed by atoms with van der Waals surface area (Å²) in [6.45, 7) is 0.669. The summed E-state index contributed by atoms with van der Waals surface area (Å²) in [5.41, 5.74) is 7.73. The Kier molecular flexibility index (Phi) is 4.16. The molecule has 0 aliphatic heterocycles. The van der Waals surface area contributed by atoms with Crippen LogP contribution in [0.1, 0.15) is 12.0 Å². The molecule has 19 heavy (non-hydrogen) atoms. The first-order valence-electron chi connectivity index (χ1n) is 6.25. The van der Waals surface area contributed by atoms with Crippen molar-refractivity contribution in [1.29, 1.82) is 0 Å². The van der Waals surface area contributed by atoms with E-state index in [-0.39, 0.29) is 0 Å². The van der Waals surface area contributed by atoms with E-state index in [1.807, 2.05) is 12.3 Å². The molecule has 0 bridgehead atoms. The number of nitrogens with two attached hydrogens (primary N) is 1. The molecule has 0 saturated carbocycles. The Bertz CT molecular complexity index is 563. The molecule has 0 atom stereocenters. The molecule has 5 nitrogen and oxygen atoms in total. The SMILES string of the molecule is COc1cc2[nH]cc(CCCN)c2c(OC)c1OC. The van der Waals surface area contributed by atoms with Gasteiger partial charge in [-0.05, 0) is 24.9 Å². The van der Waals surface area contributed by atoms with Crippen LogP contribution in [0.15, 0.2) is 12.3 Å². The molecule has 0 aliphatic carbocycles. The van der Waals surface area contributed by atoms with Gasteiger partial charge < -0.3 is 24.9 Å². The average Bonchev–Trinajstić information content (AvgIpc) is 2.85. The summed E-state index contributed by atoms with van der Waals surface area (Å²) in [4.78, 5) is 3.24. The highest BCUT2D eigenvalue weighted by molar-refractivity contribution is 5.94. The van der Waals surface area contributed by atoms with Crippen molar-refractivity contribution in [1.82, 2.24) is 4.98 Å². The first-order chi connectivity index (χ1) is 9.26. The minimum atomic E-state index is 0.617. The molecule has 0 radical (unpaired) electrons. The van der Waals surface area contributed by atoms with Gasteiger partial charge in [0, 0.05) is 17.6 Å². The topological polar surface area (TPSA) is 69.5 Å². The Labute approximate surface area is 112 Å². The van der Waals surface area contributed by atoms with Gasteiger partial charge in [0.2, 0.25) is 5.75 Å². The van der Waals surface area contributed by atoms with Crippen molar-refractivity contribution >= 4 is 10.9 Å². The number of fused-ring (bicyclic) bond motifs is 1. The Morgan fingerprint density at radius 1 is 1.11 bits per heavy atom. The maximum absolute atomic E-state index is 5.58. The van der Waals surface area contributed by atoms with E-state index in [1.54, 1.807) is 21.3 Å². The van der Waals surface area contributed by atoms with E-state index in [4.69, 9.17) is 19.9 Å². The van der Waals surface area contributed by atoms with Crippen LogP contribution < -0.4 is 19.9 Å². The predicted molar refractivity (Wildman–Crippen MR) is 75.3 cm³/mol. The van der Waals surface area contributed by atoms with Crippen LogP contribution in [0.3, 0.4) is 0 Å². The normalized spacial score (nSPS) is 10.7. The van der Waals surface area contributed by atoms with Crippen molar-refractivity contribution < 1.29 is 14.2 Å². The highest BCUT2D eigenvalue weighted by Gasteiger charge is 2.19. The number of hydrogen-bond donors (Lipinski definition) is 2. The summed E-state index contributed by atoms with van der Waals surface area (Å²) in [6, 6.07) is 1.92. The second kappa shape index (κ2) is 5.84. The molecule has 2 rings (SSSR count). The number of methoxy groups -OCH3 is 3. The maximum atomic E-state index is 5.58. The number of hydrogen-bond acceptors (Lipinski definition) is 4. The monoisotopic (exact) mass is 264 g/mol. The van der Waals surface area contributed by atoms with Gasteiger partial charge in [-0.3, -0.25) is 0 Å². The standard InChI is InChI=1S/C14H20N2O3/c1-17-11-7-10-12(14(19-3)13(11)18-2)9(8-16-10)5-4-6-15/h7-8,16H,4-6,15H2,1-3H3. The molecule has 3 N–H and O–H groups in total. The Balaban J connectivity index is 2.64. The van der Waals surface area contributed by atoms with Gasteiger partial charge in [-0.15, -0.1) is 0 Å². The quantitative estimate of drug-likeness (QED) is 0.838. The van der Waals surface area contributed by atoms with Crippen LogP contribution in [0.4, 0.5) is 0 Å². The third-order valence-corrected chi connectivity index (χ3v) is 3.20. The Morgan fingerprint density at radius 3 is 2.42 bits per heavy atom. The van der Waals surface area contributed by atoms with Crippen molar-refractivity contribution in [2.45, 2.75) is 12.8 Å². The van der Waals surface area contributed by atoms with E-state index < -0.39 is 0 Å². The van der Waals surface area contributed by atoms with Gasteiger partial charge in [0.1, 0.15) is 0 Å². The molecule has 104 valence electrons. The fraction of sp³-hybridized carbons (Fsp3) is 0.429. The zero-order chi connectivity index (χ0) is 13.8. The highest BCUT2D eigenvalue weighted by Crippen LogP contribution is 2.44. The number of aromatic amines is 1. The lowest BCUT2D eigenvalue weighted by Crippen LogP contribution is -2.00. The van der Waals surface area contributed by atoms with Crippen LogP contribution in [0.2, 0.25) is 0 Å². The second-order valence-corrected chi connectivity index (χ2v) is 4.27. The second-order valence-electron chi connectivity index (χ2n) is 4.27. The summed E-state index contributed by atoms with van der Waals surface area (Å²) >= 11 is 0. The van der Waals surface area contributed by atoms with E-state index in [1.165, 1.54) is 5.56 Å². The number of H-pyrrole nitrogens is 1. The molecule has 0 saturated heterocycles. The van der Waals surface area contributed by atoms with Crippen molar-refractivity contribution in [3.63, 3.8) is 0 Å². The van der Waals surface area contributed by atoms with Crippen molar-refractivity contribution in [3.8, 4) is 17.2 Å². The number of aryl methyl sites for hydroxylation is 1. The molecule has 0 spiro atoms. The number of rotatable bonds is 6. The predicted octanol–water partition coefficient (Wildman–Crippen LogP) is 2.08. The molecule has 0 fully saturated rings. The molecule has 1 aromatic heterocycles. The Morgan fingerprint density at radius 2 is 1.84 bits per heavy atom.